The highest BCUT2D eigenvalue weighted by Gasteiger charge is 2.22. The van der Waals surface area contributed by atoms with Crippen LogP contribution < -0.4 is 0 Å². The minimum atomic E-state index is 0.431. The molecular weight excluding hydrogens is 318 g/mol. The highest BCUT2D eigenvalue weighted by molar-refractivity contribution is 7.99. The minimum absolute atomic E-state index is 0.431. The molecule has 0 N–H and O–H groups in total. The Bertz CT molecular complexity index is 813. The molecule has 2 heterocycles. The first-order valence-electron chi connectivity index (χ1n) is 7.31. The first kappa shape index (κ1) is 14.0. The van der Waals surface area contributed by atoms with Crippen LogP contribution in [0.4, 0.5) is 0 Å². The Kier molecular flexibility index (Phi) is 3.72. The number of pyridine rings is 1. The van der Waals surface area contributed by atoms with Crippen LogP contribution in [0, 0.1) is 0 Å². The Morgan fingerprint density at radius 3 is 2.91 bits per heavy atom. The van der Waals surface area contributed by atoms with Crippen LogP contribution in [0.1, 0.15) is 31.7 Å². The average molecular weight is 332 g/mol. The van der Waals surface area contributed by atoms with Crippen LogP contribution in [-0.4, -0.2) is 25.2 Å². The molecule has 0 amide bonds. The van der Waals surface area contributed by atoms with E-state index in [9.17, 15) is 0 Å². The van der Waals surface area contributed by atoms with Crippen LogP contribution in [-0.2, 0) is 0 Å². The molecule has 0 unspecified atom stereocenters. The summed E-state index contributed by atoms with van der Waals surface area (Å²) in [5, 5.41) is 14.8. The van der Waals surface area contributed by atoms with Crippen LogP contribution in [0.3, 0.4) is 0 Å². The van der Waals surface area contributed by atoms with E-state index in [-0.39, 0.29) is 0 Å². The van der Waals surface area contributed by atoms with Crippen LogP contribution in [0.15, 0.2) is 40.5 Å². The SMILES string of the molecule is Clc1ccc2c(Sc3nnnn3C3CCCC3)ccnc2c1. The molecule has 5 nitrogen and oxygen atoms in total. The summed E-state index contributed by atoms with van der Waals surface area (Å²) in [6.07, 6.45) is 6.62. The number of hydrogen-bond donors (Lipinski definition) is 0. The second-order valence-electron chi connectivity index (χ2n) is 5.42. The standard InChI is InChI=1S/C15H14ClN5S/c16-10-5-6-12-13(9-10)17-8-7-14(12)22-15-18-19-20-21(15)11-3-1-2-4-11/h5-9,11H,1-4H2. The lowest BCUT2D eigenvalue weighted by Crippen LogP contribution is -2.08. The maximum absolute atomic E-state index is 6.04. The Labute approximate surface area is 137 Å². The molecule has 0 aliphatic heterocycles. The number of hydrogen-bond acceptors (Lipinski definition) is 5. The van der Waals surface area contributed by atoms with Crippen molar-refractivity contribution in [1.82, 2.24) is 25.2 Å². The fraction of sp³-hybridized carbons (Fsp3) is 0.333. The monoisotopic (exact) mass is 331 g/mol. The van der Waals surface area contributed by atoms with E-state index in [4.69, 9.17) is 11.6 Å². The Morgan fingerprint density at radius 1 is 1.18 bits per heavy atom. The molecule has 0 saturated heterocycles. The zero-order valence-electron chi connectivity index (χ0n) is 11.8. The third-order valence-corrected chi connectivity index (χ3v) is 5.26. The molecule has 3 aromatic rings. The van der Waals surface area contributed by atoms with Crippen molar-refractivity contribution in [2.75, 3.05) is 0 Å². The van der Waals surface area contributed by atoms with Crippen molar-refractivity contribution in [3.63, 3.8) is 0 Å². The molecule has 0 spiro atoms. The lowest BCUT2D eigenvalue weighted by molar-refractivity contribution is 0.423. The molecule has 2 aromatic heterocycles. The van der Waals surface area contributed by atoms with Gasteiger partial charge in [-0.15, -0.1) is 5.10 Å². The molecular formula is C15H14ClN5S. The first-order valence-corrected chi connectivity index (χ1v) is 8.51. The second-order valence-corrected chi connectivity index (χ2v) is 6.86. The van der Waals surface area contributed by atoms with Crippen molar-refractivity contribution < 1.29 is 0 Å². The highest BCUT2D eigenvalue weighted by atomic mass is 35.5. The molecule has 7 heteroatoms. The molecule has 0 radical (unpaired) electrons. The normalized spacial score (nSPS) is 15.7. The van der Waals surface area contributed by atoms with Crippen molar-refractivity contribution in [2.45, 2.75) is 41.8 Å². The summed E-state index contributed by atoms with van der Waals surface area (Å²) in [4.78, 5) is 5.47. The van der Waals surface area contributed by atoms with E-state index in [1.165, 1.54) is 12.8 Å². The molecule has 22 heavy (non-hydrogen) atoms. The number of halogens is 1. The molecule has 0 bridgehead atoms. The van der Waals surface area contributed by atoms with Gasteiger partial charge in [0.2, 0.25) is 5.16 Å². The number of fused-ring (bicyclic) bond motifs is 1. The summed E-state index contributed by atoms with van der Waals surface area (Å²) in [5.41, 5.74) is 0.886. The van der Waals surface area contributed by atoms with Crippen molar-refractivity contribution in [3.8, 4) is 0 Å². The first-order chi connectivity index (χ1) is 10.8. The third kappa shape index (κ3) is 2.57. The summed E-state index contributed by atoms with van der Waals surface area (Å²) in [7, 11) is 0. The Balaban J connectivity index is 1.71. The number of nitrogens with zero attached hydrogens (tertiary/aromatic N) is 5. The predicted molar refractivity (Wildman–Crippen MR) is 86.2 cm³/mol. The van der Waals surface area contributed by atoms with Gasteiger partial charge in [0.15, 0.2) is 0 Å². The summed E-state index contributed by atoms with van der Waals surface area (Å²) in [6.45, 7) is 0. The van der Waals surface area contributed by atoms with Gasteiger partial charge < -0.3 is 0 Å². The number of tetrazole rings is 1. The lowest BCUT2D eigenvalue weighted by Gasteiger charge is -2.11. The molecule has 0 atom stereocenters. The molecule has 1 aromatic carbocycles. The lowest BCUT2D eigenvalue weighted by atomic mass is 10.2. The van der Waals surface area contributed by atoms with Gasteiger partial charge in [0.1, 0.15) is 0 Å². The topological polar surface area (TPSA) is 56.5 Å². The Morgan fingerprint density at radius 2 is 2.05 bits per heavy atom. The smallest absolute Gasteiger partial charge is 0.214 e. The number of benzene rings is 1. The van der Waals surface area contributed by atoms with Crippen LogP contribution in [0.25, 0.3) is 10.9 Å². The third-order valence-electron chi connectivity index (χ3n) is 4.00. The summed E-state index contributed by atoms with van der Waals surface area (Å²) < 4.78 is 1.97. The van der Waals surface area contributed by atoms with Gasteiger partial charge in [0, 0.05) is 21.5 Å². The van der Waals surface area contributed by atoms with Gasteiger partial charge in [-0.05, 0) is 53.2 Å². The van der Waals surface area contributed by atoms with Gasteiger partial charge in [0.25, 0.3) is 0 Å². The van der Waals surface area contributed by atoms with Gasteiger partial charge in [-0.1, -0.05) is 30.5 Å². The number of rotatable bonds is 3. The van der Waals surface area contributed by atoms with E-state index in [0.717, 1.165) is 33.8 Å². The molecule has 1 aliphatic rings. The summed E-state index contributed by atoms with van der Waals surface area (Å²) in [5.74, 6) is 0. The van der Waals surface area contributed by atoms with Crippen molar-refractivity contribution in [2.24, 2.45) is 0 Å². The van der Waals surface area contributed by atoms with E-state index in [1.807, 2.05) is 28.9 Å². The number of aromatic nitrogens is 5. The van der Waals surface area contributed by atoms with E-state index < -0.39 is 0 Å². The maximum atomic E-state index is 6.04. The van der Waals surface area contributed by atoms with E-state index in [0.29, 0.717) is 11.1 Å². The quantitative estimate of drug-likeness (QED) is 0.722. The van der Waals surface area contributed by atoms with E-state index in [1.54, 1.807) is 18.0 Å². The van der Waals surface area contributed by atoms with E-state index >= 15 is 0 Å². The van der Waals surface area contributed by atoms with Gasteiger partial charge in [-0.3, -0.25) is 4.98 Å². The van der Waals surface area contributed by atoms with Crippen LogP contribution in [0.5, 0.6) is 0 Å². The molecule has 1 aliphatic carbocycles. The fourth-order valence-corrected chi connectivity index (χ4v) is 4.04. The molecule has 1 saturated carbocycles. The predicted octanol–water partition coefficient (Wildman–Crippen LogP) is 4.14. The molecule has 1 fully saturated rings. The highest BCUT2D eigenvalue weighted by Crippen LogP contribution is 2.36. The largest absolute Gasteiger partial charge is 0.256 e. The van der Waals surface area contributed by atoms with Crippen LogP contribution in [0.2, 0.25) is 5.02 Å². The van der Waals surface area contributed by atoms with Crippen molar-refractivity contribution >= 4 is 34.3 Å². The van der Waals surface area contributed by atoms with Crippen molar-refractivity contribution in [3.05, 3.63) is 35.5 Å². The Hall–Kier alpha value is -1.66. The maximum Gasteiger partial charge on any atom is 0.214 e. The second kappa shape index (κ2) is 5.85. The molecule has 4 rings (SSSR count). The fourth-order valence-electron chi connectivity index (χ4n) is 2.91. The van der Waals surface area contributed by atoms with E-state index in [2.05, 4.69) is 20.5 Å². The zero-order valence-corrected chi connectivity index (χ0v) is 13.4. The van der Waals surface area contributed by atoms with Gasteiger partial charge >= 0.3 is 0 Å². The van der Waals surface area contributed by atoms with Crippen LogP contribution >= 0.6 is 23.4 Å². The minimum Gasteiger partial charge on any atom is -0.256 e. The summed E-state index contributed by atoms with van der Waals surface area (Å²) >= 11 is 7.63. The van der Waals surface area contributed by atoms with Crippen molar-refractivity contribution in [1.29, 1.82) is 0 Å². The van der Waals surface area contributed by atoms with Gasteiger partial charge in [-0.25, -0.2) is 4.68 Å². The van der Waals surface area contributed by atoms with Gasteiger partial charge in [-0.2, -0.15) is 0 Å². The molecule has 112 valence electrons. The zero-order chi connectivity index (χ0) is 14.9. The average Bonchev–Trinajstić information content (AvgIpc) is 3.17. The summed E-state index contributed by atoms with van der Waals surface area (Å²) in [6, 6.07) is 8.18. The van der Waals surface area contributed by atoms with Gasteiger partial charge in [0.05, 0.1) is 11.6 Å².